The molecule has 0 atom stereocenters. The Labute approximate surface area is 179 Å². The van der Waals surface area contributed by atoms with Crippen molar-refractivity contribution in [2.75, 3.05) is 5.32 Å². The van der Waals surface area contributed by atoms with Gasteiger partial charge in [0.15, 0.2) is 0 Å². The highest BCUT2D eigenvalue weighted by Crippen LogP contribution is 2.21. The van der Waals surface area contributed by atoms with E-state index in [0.717, 1.165) is 27.9 Å². The largest absolute Gasteiger partial charge is 0.487 e. The van der Waals surface area contributed by atoms with Crippen LogP contribution in [-0.2, 0) is 17.9 Å². The minimum Gasteiger partial charge on any atom is -0.487 e. The Morgan fingerprint density at radius 1 is 1.03 bits per heavy atom. The fourth-order valence-corrected chi connectivity index (χ4v) is 3.78. The maximum atomic E-state index is 12.7. The molecule has 6 nitrogen and oxygen atoms in total. The summed E-state index contributed by atoms with van der Waals surface area (Å²) in [5.41, 5.74) is 4.54. The summed E-state index contributed by atoms with van der Waals surface area (Å²) in [5.74, 6) is 0.597. The van der Waals surface area contributed by atoms with Crippen LogP contribution in [0.5, 0.6) is 5.75 Å². The Morgan fingerprint density at radius 2 is 1.90 bits per heavy atom. The maximum absolute atomic E-state index is 12.7. The first-order valence-corrected chi connectivity index (χ1v) is 10.2. The van der Waals surface area contributed by atoms with Crippen molar-refractivity contribution in [2.45, 2.75) is 20.1 Å². The van der Waals surface area contributed by atoms with Gasteiger partial charge in [-0.25, -0.2) is 4.98 Å². The van der Waals surface area contributed by atoms with Crippen molar-refractivity contribution in [3.05, 3.63) is 96.6 Å². The first-order valence-electron chi connectivity index (χ1n) is 10.2. The quantitative estimate of drug-likeness (QED) is 0.437. The van der Waals surface area contributed by atoms with E-state index in [1.54, 1.807) is 0 Å². The van der Waals surface area contributed by atoms with Crippen LogP contribution < -0.4 is 10.1 Å². The molecule has 154 valence electrons. The summed E-state index contributed by atoms with van der Waals surface area (Å²) in [4.78, 5) is 17.2. The molecule has 5 rings (SSSR count). The molecule has 0 spiro atoms. The van der Waals surface area contributed by atoms with Crippen LogP contribution in [-0.4, -0.2) is 19.9 Å². The van der Waals surface area contributed by atoms with Gasteiger partial charge in [-0.1, -0.05) is 30.3 Å². The molecule has 6 heteroatoms. The van der Waals surface area contributed by atoms with Gasteiger partial charge in [0.05, 0.1) is 5.69 Å². The number of nitrogens with zero attached hydrogens (tertiary/aromatic N) is 3. The summed E-state index contributed by atoms with van der Waals surface area (Å²) in [5, 5.41) is 4.11. The normalized spacial score (nSPS) is 11.1. The van der Waals surface area contributed by atoms with Crippen molar-refractivity contribution in [1.82, 2.24) is 14.0 Å². The Kier molecular flexibility index (Phi) is 4.88. The fraction of sp³-hybridized carbons (Fsp3) is 0.120. The monoisotopic (exact) mass is 410 g/mol. The zero-order valence-corrected chi connectivity index (χ0v) is 17.2. The summed E-state index contributed by atoms with van der Waals surface area (Å²) < 4.78 is 9.88. The van der Waals surface area contributed by atoms with Crippen molar-refractivity contribution >= 4 is 28.1 Å². The summed E-state index contributed by atoms with van der Waals surface area (Å²) >= 11 is 0. The van der Waals surface area contributed by atoms with E-state index in [1.165, 1.54) is 0 Å². The molecular formula is C25H22N4O2. The predicted octanol–water partition coefficient (Wildman–Crippen LogP) is 4.82. The van der Waals surface area contributed by atoms with Gasteiger partial charge in [0, 0.05) is 35.4 Å². The fourth-order valence-electron chi connectivity index (χ4n) is 3.78. The highest BCUT2D eigenvalue weighted by atomic mass is 16.5. The molecule has 0 saturated carbocycles. The molecule has 0 aliphatic heterocycles. The van der Waals surface area contributed by atoms with E-state index in [0.29, 0.717) is 18.0 Å². The number of fused-ring (bicyclic) bond motifs is 2. The van der Waals surface area contributed by atoms with E-state index in [9.17, 15) is 4.79 Å². The second-order valence-corrected chi connectivity index (χ2v) is 7.49. The number of carbonyl (C=O) groups is 1. The molecule has 0 radical (unpaired) electrons. The highest BCUT2D eigenvalue weighted by Gasteiger charge is 2.10. The number of para-hydroxylation sites is 1. The molecule has 3 heterocycles. The number of aryl methyl sites for hydroxylation is 1. The lowest BCUT2D eigenvalue weighted by molar-refractivity contribution is -0.116. The average molecular weight is 410 g/mol. The number of hydrogen-bond acceptors (Lipinski definition) is 3. The number of nitrogens with one attached hydrogen (secondary N) is 1. The van der Waals surface area contributed by atoms with E-state index in [1.807, 2.05) is 88.9 Å². The second-order valence-electron chi connectivity index (χ2n) is 7.49. The van der Waals surface area contributed by atoms with Crippen LogP contribution in [0.15, 0.2) is 85.2 Å². The lowest BCUT2D eigenvalue weighted by atomic mass is 10.2. The van der Waals surface area contributed by atoms with Gasteiger partial charge in [0.2, 0.25) is 5.91 Å². The number of aromatic nitrogens is 3. The van der Waals surface area contributed by atoms with Gasteiger partial charge in [-0.05, 0) is 48.7 Å². The van der Waals surface area contributed by atoms with Crippen LogP contribution in [0.4, 0.5) is 5.69 Å². The lowest BCUT2D eigenvalue weighted by Gasteiger charge is -2.11. The van der Waals surface area contributed by atoms with E-state index in [-0.39, 0.29) is 12.5 Å². The van der Waals surface area contributed by atoms with Crippen molar-refractivity contribution < 1.29 is 9.53 Å². The molecule has 2 aromatic carbocycles. The first-order chi connectivity index (χ1) is 15.2. The van der Waals surface area contributed by atoms with Crippen LogP contribution in [0.1, 0.15) is 11.4 Å². The summed E-state index contributed by atoms with van der Waals surface area (Å²) in [6, 6.07) is 23.5. The van der Waals surface area contributed by atoms with Crippen LogP contribution in [0.3, 0.4) is 0 Å². The van der Waals surface area contributed by atoms with Gasteiger partial charge in [-0.15, -0.1) is 0 Å². The number of hydrogen-bond donors (Lipinski definition) is 1. The van der Waals surface area contributed by atoms with E-state index in [4.69, 9.17) is 4.74 Å². The van der Waals surface area contributed by atoms with Crippen LogP contribution in [0.2, 0.25) is 0 Å². The Bertz CT molecular complexity index is 1350. The molecule has 1 N–H and O–H groups in total. The average Bonchev–Trinajstić information content (AvgIpc) is 3.33. The minimum absolute atomic E-state index is 0.0815. The molecule has 3 aromatic heterocycles. The Morgan fingerprint density at radius 3 is 2.81 bits per heavy atom. The number of carbonyl (C=O) groups excluding carboxylic acids is 1. The third-order valence-corrected chi connectivity index (χ3v) is 5.24. The van der Waals surface area contributed by atoms with Crippen molar-refractivity contribution in [3.8, 4) is 5.75 Å². The smallest absolute Gasteiger partial charge is 0.244 e. The second kappa shape index (κ2) is 7.99. The standard InChI is InChI=1S/C25H22N4O2/c1-18-13-19-7-2-3-10-23(19)29(18)16-25(30)27-20-8-6-9-22(14-20)31-17-21-15-28-12-5-4-11-24(28)26-21/h2-15H,16-17H2,1H3,(H,27,30). The van der Waals surface area contributed by atoms with Crippen LogP contribution >= 0.6 is 0 Å². The van der Waals surface area contributed by atoms with E-state index >= 15 is 0 Å². The summed E-state index contributed by atoms with van der Waals surface area (Å²) in [7, 11) is 0. The minimum atomic E-state index is -0.0815. The number of benzene rings is 2. The van der Waals surface area contributed by atoms with Crippen molar-refractivity contribution in [3.63, 3.8) is 0 Å². The molecule has 0 unspecified atom stereocenters. The Balaban J connectivity index is 1.25. The van der Waals surface area contributed by atoms with E-state index in [2.05, 4.69) is 22.4 Å². The number of amides is 1. The molecular weight excluding hydrogens is 388 g/mol. The predicted molar refractivity (Wildman–Crippen MR) is 121 cm³/mol. The van der Waals surface area contributed by atoms with Crippen LogP contribution in [0, 0.1) is 6.92 Å². The van der Waals surface area contributed by atoms with Gasteiger partial charge < -0.3 is 19.0 Å². The van der Waals surface area contributed by atoms with Gasteiger partial charge in [-0.3, -0.25) is 4.79 Å². The number of anilines is 1. The van der Waals surface area contributed by atoms with Gasteiger partial charge in [-0.2, -0.15) is 0 Å². The molecule has 0 bridgehead atoms. The number of ether oxygens (including phenoxy) is 1. The molecule has 0 fully saturated rings. The van der Waals surface area contributed by atoms with E-state index < -0.39 is 0 Å². The zero-order valence-electron chi connectivity index (χ0n) is 17.2. The zero-order chi connectivity index (χ0) is 21.2. The third kappa shape index (κ3) is 4.00. The van der Waals surface area contributed by atoms with Gasteiger partial charge in [0.1, 0.15) is 24.5 Å². The molecule has 0 aliphatic carbocycles. The molecule has 0 aliphatic rings. The Hall–Kier alpha value is -4.06. The number of rotatable bonds is 6. The van der Waals surface area contributed by atoms with Crippen molar-refractivity contribution in [2.24, 2.45) is 0 Å². The summed E-state index contributed by atoms with van der Waals surface area (Å²) in [6.07, 6.45) is 3.91. The molecule has 5 aromatic rings. The topological polar surface area (TPSA) is 60.6 Å². The number of imidazole rings is 1. The number of pyridine rings is 1. The molecule has 0 saturated heterocycles. The molecule has 1 amide bonds. The maximum Gasteiger partial charge on any atom is 0.244 e. The van der Waals surface area contributed by atoms with Gasteiger partial charge >= 0.3 is 0 Å². The third-order valence-electron chi connectivity index (χ3n) is 5.24. The highest BCUT2D eigenvalue weighted by molar-refractivity contribution is 5.92. The SMILES string of the molecule is Cc1cc2ccccc2n1CC(=O)Nc1cccc(OCc2cn3ccccc3n2)c1. The summed E-state index contributed by atoms with van der Waals surface area (Å²) in [6.45, 7) is 2.63. The lowest BCUT2D eigenvalue weighted by Crippen LogP contribution is -2.19. The molecule has 31 heavy (non-hydrogen) atoms. The first kappa shape index (κ1) is 18.9. The van der Waals surface area contributed by atoms with Crippen molar-refractivity contribution in [1.29, 1.82) is 0 Å². The van der Waals surface area contributed by atoms with Crippen LogP contribution in [0.25, 0.3) is 16.6 Å². The van der Waals surface area contributed by atoms with Gasteiger partial charge in [0.25, 0.3) is 0 Å².